The van der Waals surface area contributed by atoms with Crippen molar-refractivity contribution < 1.29 is 19.2 Å². The Morgan fingerprint density at radius 2 is 1.45 bits per heavy atom. The molecule has 258 valence electrons. The molecule has 4 aliphatic heterocycles. The number of nitrogens with zero attached hydrogens (tertiary/aromatic N) is 7. The van der Waals surface area contributed by atoms with Gasteiger partial charge in [0.2, 0.25) is 17.7 Å². The summed E-state index contributed by atoms with van der Waals surface area (Å²) in [6.07, 6.45) is 4.08. The van der Waals surface area contributed by atoms with E-state index in [2.05, 4.69) is 30.3 Å². The van der Waals surface area contributed by atoms with Crippen LogP contribution in [0.5, 0.6) is 0 Å². The first kappa shape index (κ1) is 32.7. The van der Waals surface area contributed by atoms with E-state index in [1.807, 2.05) is 23.1 Å². The Morgan fingerprint density at radius 1 is 0.796 bits per heavy atom. The molecule has 4 aliphatic rings. The second kappa shape index (κ2) is 13.9. The Bertz CT molecular complexity index is 1790. The van der Waals surface area contributed by atoms with Gasteiger partial charge in [-0.05, 0) is 80.5 Å². The smallest absolute Gasteiger partial charge is 0.278 e. The molecule has 0 radical (unpaired) electrons. The number of hydrogen-bond donors (Lipinski definition) is 2. The van der Waals surface area contributed by atoms with Gasteiger partial charge in [-0.15, -0.1) is 5.10 Å². The van der Waals surface area contributed by atoms with Gasteiger partial charge >= 0.3 is 0 Å². The lowest BCUT2D eigenvalue weighted by atomic mass is 9.94. The van der Waals surface area contributed by atoms with Gasteiger partial charge in [-0.2, -0.15) is 4.68 Å². The molecule has 1 atom stereocenters. The van der Waals surface area contributed by atoms with Crippen LogP contribution >= 0.6 is 0 Å². The molecule has 4 fully saturated rings. The van der Waals surface area contributed by atoms with Crippen LogP contribution < -0.4 is 26.4 Å². The van der Waals surface area contributed by atoms with Gasteiger partial charge in [0.25, 0.3) is 11.5 Å². The number of primary amides is 1. The molecular weight excluding hydrogens is 626 g/mol. The summed E-state index contributed by atoms with van der Waals surface area (Å²) in [7, 11) is 0. The fourth-order valence-corrected chi connectivity index (χ4v) is 7.73. The maximum Gasteiger partial charge on any atom is 0.278 e. The number of piperidine rings is 3. The summed E-state index contributed by atoms with van der Waals surface area (Å²) in [4.78, 5) is 71.3. The molecule has 1 aromatic heterocycles. The molecule has 14 heteroatoms. The van der Waals surface area contributed by atoms with Crippen LogP contribution in [-0.4, -0.2) is 107 Å². The fraction of sp³-hybridized carbons (Fsp3) is 0.514. The number of benzene rings is 2. The summed E-state index contributed by atoms with van der Waals surface area (Å²) >= 11 is 0. The zero-order chi connectivity index (χ0) is 34.1. The van der Waals surface area contributed by atoms with Crippen LogP contribution in [0, 0.1) is 11.8 Å². The third-order valence-electron chi connectivity index (χ3n) is 10.7. The molecule has 7 rings (SSSR count). The molecule has 4 amide bonds. The van der Waals surface area contributed by atoms with Crippen LogP contribution in [0.15, 0.2) is 47.3 Å². The van der Waals surface area contributed by atoms with E-state index in [4.69, 9.17) is 5.73 Å². The molecule has 0 bridgehead atoms. The molecule has 3 aromatic rings. The van der Waals surface area contributed by atoms with E-state index >= 15 is 0 Å². The molecule has 2 aromatic carbocycles. The lowest BCUT2D eigenvalue weighted by Gasteiger charge is -2.41. The number of hydrogen-bond acceptors (Lipinski definition) is 10. The molecule has 49 heavy (non-hydrogen) atoms. The maximum absolute atomic E-state index is 13.5. The standard InChI is InChI=1S/C35H43N9O5/c36-32(46)24-1-3-26(4-2-24)41-13-9-23(10-14-41)22-40-17-19-43(20-18-40)34(48)25-11-15-42(16-12-25)27-5-6-29-28(21-27)35(49)44(39-38-29)30-7-8-31(45)37-33(30)47/h1-6,21,23,25,30H,7-20,22H2,(H2,36,46)(H,37,45,47). The number of anilines is 2. The Kier molecular flexibility index (Phi) is 9.30. The minimum Gasteiger partial charge on any atom is -0.372 e. The number of rotatable bonds is 7. The highest BCUT2D eigenvalue weighted by Gasteiger charge is 2.33. The van der Waals surface area contributed by atoms with E-state index in [0.717, 1.165) is 87.6 Å². The van der Waals surface area contributed by atoms with Crippen molar-refractivity contribution in [3.05, 3.63) is 58.4 Å². The van der Waals surface area contributed by atoms with Crippen molar-refractivity contribution in [2.75, 3.05) is 68.7 Å². The van der Waals surface area contributed by atoms with Crippen LogP contribution in [-0.2, 0) is 14.4 Å². The number of nitrogens with one attached hydrogen (secondary N) is 1. The summed E-state index contributed by atoms with van der Waals surface area (Å²) in [5.41, 5.74) is 7.94. The molecule has 1 unspecified atom stereocenters. The van der Waals surface area contributed by atoms with E-state index < -0.39 is 23.4 Å². The third-order valence-corrected chi connectivity index (χ3v) is 10.7. The van der Waals surface area contributed by atoms with Crippen molar-refractivity contribution in [2.45, 2.75) is 44.6 Å². The second-order valence-electron chi connectivity index (χ2n) is 13.7. The molecule has 5 heterocycles. The molecule has 3 N–H and O–H groups in total. The van der Waals surface area contributed by atoms with Crippen molar-refractivity contribution in [1.29, 1.82) is 0 Å². The SMILES string of the molecule is NC(=O)c1ccc(N2CCC(CN3CCN(C(=O)C4CCN(c5ccc6nnn(C7CCC(=O)NC7=O)c(=O)c6c5)CC4)CC3)CC2)cc1. The third kappa shape index (κ3) is 7.00. The summed E-state index contributed by atoms with van der Waals surface area (Å²) < 4.78 is 1.08. The summed E-state index contributed by atoms with van der Waals surface area (Å²) in [5, 5.41) is 10.8. The summed E-state index contributed by atoms with van der Waals surface area (Å²) in [6.45, 7) is 7.77. The van der Waals surface area contributed by atoms with Crippen LogP contribution in [0.4, 0.5) is 11.4 Å². The van der Waals surface area contributed by atoms with Gasteiger partial charge < -0.3 is 20.4 Å². The first-order valence-electron chi connectivity index (χ1n) is 17.4. The number of carbonyl (C=O) groups excluding carboxylic acids is 4. The van der Waals surface area contributed by atoms with Gasteiger partial charge in [-0.1, -0.05) is 5.21 Å². The zero-order valence-electron chi connectivity index (χ0n) is 27.6. The monoisotopic (exact) mass is 669 g/mol. The number of carbonyl (C=O) groups is 4. The van der Waals surface area contributed by atoms with Crippen molar-refractivity contribution >= 4 is 45.9 Å². The van der Waals surface area contributed by atoms with Crippen molar-refractivity contribution in [1.82, 2.24) is 30.1 Å². The molecule has 0 spiro atoms. The lowest BCUT2D eigenvalue weighted by Crippen LogP contribution is -2.52. The normalized spacial score (nSPS) is 21.6. The van der Waals surface area contributed by atoms with Gasteiger partial charge in [0, 0.05) is 88.2 Å². The highest BCUT2D eigenvalue weighted by molar-refractivity contribution is 5.99. The predicted molar refractivity (Wildman–Crippen MR) is 183 cm³/mol. The first-order valence-corrected chi connectivity index (χ1v) is 17.4. The Balaban J connectivity index is 0.875. The number of aromatic nitrogens is 3. The van der Waals surface area contributed by atoms with E-state index in [1.54, 1.807) is 24.3 Å². The predicted octanol–water partition coefficient (Wildman–Crippen LogP) is 1.15. The van der Waals surface area contributed by atoms with Gasteiger partial charge in [-0.25, -0.2) is 0 Å². The van der Waals surface area contributed by atoms with Gasteiger partial charge in [0.1, 0.15) is 11.6 Å². The topological polar surface area (TPSA) is 167 Å². The number of fused-ring (bicyclic) bond motifs is 1. The lowest BCUT2D eigenvalue weighted by molar-refractivity contribution is -0.138. The quantitative estimate of drug-likeness (QED) is 0.349. The highest BCUT2D eigenvalue weighted by atomic mass is 16.2. The van der Waals surface area contributed by atoms with Crippen LogP contribution in [0.25, 0.3) is 10.9 Å². The average Bonchev–Trinajstić information content (AvgIpc) is 3.12. The van der Waals surface area contributed by atoms with Crippen molar-refractivity contribution in [3.63, 3.8) is 0 Å². The minimum atomic E-state index is -0.866. The Morgan fingerprint density at radius 3 is 2.12 bits per heavy atom. The highest BCUT2D eigenvalue weighted by Crippen LogP contribution is 2.28. The second-order valence-corrected chi connectivity index (χ2v) is 13.7. The van der Waals surface area contributed by atoms with Gasteiger partial charge in [0.05, 0.1) is 5.39 Å². The van der Waals surface area contributed by atoms with Crippen LogP contribution in [0.1, 0.15) is 54.9 Å². The molecule has 0 saturated carbocycles. The molecule has 0 aliphatic carbocycles. The van der Waals surface area contributed by atoms with Crippen LogP contribution in [0.2, 0.25) is 0 Å². The van der Waals surface area contributed by atoms with Crippen molar-refractivity contribution in [2.24, 2.45) is 17.6 Å². The molecule has 14 nitrogen and oxygen atoms in total. The number of nitrogens with two attached hydrogens (primary N) is 1. The fourth-order valence-electron chi connectivity index (χ4n) is 7.73. The number of amides is 4. The molecular formula is C35H43N9O5. The average molecular weight is 670 g/mol. The first-order chi connectivity index (χ1) is 23.7. The maximum atomic E-state index is 13.5. The summed E-state index contributed by atoms with van der Waals surface area (Å²) in [6, 6.07) is 12.1. The summed E-state index contributed by atoms with van der Waals surface area (Å²) in [5.74, 6) is -0.436. The molecule has 4 saturated heterocycles. The minimum absolute atomic E-state index is 0.0137. The van der Waals surface area contributed by atoms with E-state index in [1.165, 1.54) is 0 Å². The number of piperazine rings is 1. The van der Waals surface area contributed by atoms with Crippen LogP contribution in [0.3, 0.4) is 0 Å². The van der Waals surface area contributed by atoms with E-state index in [9.17, 15) is 24.0 Å². The zero-order valence-corrected chi connectivity index (χ0v) is 27.6. The van der Waals surface area contributed by atoms with E-state index in [0.29, 0.717) is 35.5 Å². The van der Waals surface area contributed by atoms with E-state index in [-0.39, 0.29) is 30.6 Å². The number of imide groups is 1. The van der Waals surface area contributed by atoms with Gasteiger partial charge in [-0.3, -0.25) is 34.2 Å². The Labute approximate surface area is 284 Å². The largest absolute Gasteiger partial charge is 0.372 e. The van der Waals surface area contributed by atoms with Gasteiger partial charge in [0.15, 0.2) is 0 Å². The Hall–Kier alpha value is -4.85. The van der Waals surface area contributed by atoms with Crippen molar-refractivity contribution in [3.8, 4) is 0 Å².